The van der Waals surface area contributed by atoms with Gasteiger partial charge in [0.25, 0.3) is 0 Å². The Kier molecular flexibility index (Phi) is 7.47. The van der Waals surface area contributed by atoms with Gasteiger partial charge in [-0.1, -0.05) is 55.5 Å². The van der Waals surface area contributed by atoms with Crippen LogP contribution in [0.2, 0.25) is 0 Å². The first kappa shape index (κ1) is 23.8. The van der Waals surface area contributed by atoms with Crippen LogP contribution in [0.4, 0.5) is 4.79 Å². The third-order valence-corrected chi connectivity index (χ3v) is 6.60. The molecule has 1 fully saturated rings. The predicted octanol–water partition coefficient (Wildman–Crippen LogP) is 3.11. The van der Waals surface area contributed by atoms with Crippen LogP contribution in [0.25, 0.3) is 11.1 Å². The fourth-order valence-corrected chi connectivity index (χ4v) is 4.79. The number of carboxylic acid groups (broad SMARTS) is 1. The van der Waals surface area contributed by atoms with Gasteiger partial charge in [-0.05, 0) is 28.2 Å². The zero-order chi connectivity index (χ0) is 24.1. The lowest BCUT2D eigenvalue weighted by Gasteiger charge is -2.16. The molecule has 0 bridgehead atoms. The van der Waals surface area contributed by atoms with E-state index in [-0.39, 0.29) is 57.1 Å². The zero-order valence-corrected chi connectivity index (χ0v) is 19.2. The highest BCUT2D eigenvalue weighted by atomic mass is 16.5. The second-order valence-corrected chi connectivity index (χ2v) is 8.84. The molecule has 2 aromatic carbocycles. The third kappa shape index (κ3) is 5.22. The number of nitrogens with zero attached hydrogens (tertiary/aromatic N) is 1. The maximum Gasteiger partial charge on any atom is 0.407 e. The van der Waals surface area contributed by atoms with Crippen LogP contribution in [0.5, 0.6) is 0 Å². The predicted molar refractivity (Wildman–Crippen MR) is 125 cm³/mol. The number of carbonyl (C=O) groups is 3. The number of hydrogen-bond acceptors (Lipinski definition) is 5. The lowest BCUT2D eigenvalue weighted by atomic mass is 9.98. The van der Waals surface area contributed by atoms with Crippen molar-refractivity contribution in [3.63, 3.8) is 0 Å². The topological polar surface area (TPSA) is 105 Å². The number of amides is 2. The maximum atomic E-state index is 12.2. The first-order valence-electron chi connectivity index (χ1n) is 11.6. The number of rotatable bonds is 9. The molecule has 34 heavy (non-hydrogen) atoms. The summed E-state index contributed by atoms with van der Waals surface area (Å²) in [5, 5.41) is 11.9. The van der Waals surface area contributed by atoms with E-state index in [0.29, 0.717) is 6.54 Å². The van der Waals surface area contributed by atoms with Crippen molar-refractivity contribution in [1.82, 2.24) is 10.2 Å². The summed E-state index contributed by atoms with van der Waals surface area (Å²) in [4.78, 5) is 37.2. The van der Waals surface area contributed by atoms with E-state index < -0.39 is 18.0 Å². The van der Waals surface area contributed by atoms with Crippen LogP contribution in [-0.2, 0) is 19.1 Å². The molecule has 1 heterocycles. The van der Waals surface area contributed by atoms with Gasteiger partial charge in [-0.25, -0.2) is 4.79 Å². The molecule has 0 spiro atoms. The van der Waals surface area contributed by atoms with Gasteiger partial charge in [-0.3, -0.25) is 9.59 Å². The van der Waals surface area contributed by atoms with Crippen molar-refractivity contribution in [2.24, 2.45) is 11.8 Å². The lowest BCUT2D eigenvalue weighted by Crippen LogP contribution is -2.31. The number of benzene rings is 2. The smallest absolute Gasteiger partial charge is 0.407 e. The quantitative estimate of drug-likeness (QED) is 0.550. The molecule has 4 rings (SSSR count). The Bertz CT molecular complexity index is 1010. The van der Waals surface area contributed by atoms with Crippen LogP contribution >= 0.6 is 0 Å². The minimum atomic E-state index is -0.863. The monoisotopic (exact) mass is 466 g/mol. The van der Waals surface area contributed by atoms with Crippen molar-refractivity contribution in [2.75, 3.05) is 39.5 Å². The number of aliphatic carboxylic acids is 1. The van der Waals surface area contributed by atoms with Gasteiger partial charge < -0.3 is 24.8 Å². The minimum absolute atomic E-state index is 0.00874. The van der Waals surface area contributed by atoms with Crippen molar-refractivity contribution in [3.8, 4) is 11.1 Å². The van der Waals surface area contributed by atoms with Gasteiger partial charge in [0.05, 0.1) is 25.6 Å². The highest BCUT2D eigenvalue weighted by molar-refractivity contribution is 5.80. The van der Waals surface area contributed by atoms with E-state index in [2.05, 4.69) is 29.6 Å². The molecule has 2 amide bonds. The summed E-state index contributed by atoms with van der Waals surface area (Å²) in [6, 6.07) is 16.3. The summed E-state index contributed by atoms with van der Waals surface area (Å²) in [5.41, 5.74) is 4.67. The molecular formula is C26H30N2O6. The second-order valence-electron chi connectivity index (χ2n) is 8.84. The average molecular weight is 467 g/mol. The summed E-state index contributed by atoms with van der Waals surface area (Å²) in [6.07, 6.45) is -0.323. The van der Waals surface area contributed by atoms with E-state index in [4.69, 9.17) is 9.47 Å². The zero-order valence-electron chi connectivity index (χ0n) is 19.2. The molecule has 180 valence electrons. The number of likely N-dealkylation sites (tertiary alicyclic amines) is 1. The SMILES string of the molecule is CC1CN(C(=O)CCOCCNC(=O)OCC2c3ccccc3-c3ccccc32)CC1C(=O)O. The van der Waals surface area contributed by atoms with Crippen LogP contribution in [0.1, 0.15) is 30.4 Å². The van der Waals surface area contributed by atoms with Crippen LogP contribution in [0, 0.1) is 11.8 Å². The first-order valence-corrected chi connectivity index (χ1v) is 11.6. The van der Waals surface area contributed by atoms with Gasteiger partial charge in [-0.2, -0.15) is 0 Å². The molecule has 8 heteroatoms. The van der Waals surface area contributed by atoms with Crippen LogP contribution < -0.4 is 5.32 Å². The Morgan fingerprint density at radius 2 is 1.65 bits per heavy atom. The van der Waals surface area contributed by atoms with Crippen LogP contribution in [-0.4, -0.2) is 67.4 Å². The average Bonchev–Trinajstić information content (AvgIpc) is 3.38. The molecule has 1 saturated heterocycles. The summed E-state index contributed by atoms with van der Waals surface area (Å²) >= 11 is 0. The van der Waals surface area contributed by atoms with E-state index in [1.54, 1.807) is 4.90 Å². The Balaban J connectivity index is 1.13. The highest BCUT2D eigenvalue weighted by Gasteiger charge is 2.36. The number of carbonyl (C=O) groups excluding carboxylic acids is 2. The fourth-order valence-electron chi connectivity index (χ4n) is 4.79. The van der Waals surface area contributed by atoms with Gasteiger partial charge >= 0.3 is 12.1 Å². The molecule has 0 aromatic heterocycles. The number of alkyl carbamates (subject to hydrolysis) is 1. The number of ether oxygens (including phenoxy) is 2. The van der Waals surface area contributed by atoms with Crippen molar-refractivity contribution >= 4 is 18.0 Å². The fraction of sp³-hybridized carbons (Fsp3) is 0.423. The highest BCUT2D eigenvalue weighted by Crippen LogP contribution is 2.44. The molecule has 8 nitrogen and oxygen atoms in total. The molecular weight excluding hydrogens is 436 g/mol. The number of fused-ring (bicyclic) bond motifs is 3. The van der Waals surface area contributed by atoms with E-state index in [0.717, 1.165) is 11.1 Å². The van der Waals surface area contributed by atoms with Gasteiger partial charge in [0.15, 0.2) is 0 Å². The largest absolute Gasteiger partial charge is 0.481 e. The molecule has 2 N–H and O–H groups in total. The van der Waals surface area contributed by atoms with Crippen molar-refractivity contribution in [1.29, 1.82) is 0 Å². The van der Waals surface area contributed by atoms with Crippen LogP contribution in [0.15, 0.2) is 48.5 Å². The van der Waals surface area contributed by atoms with Gasteiger partial charge in [-0.15, -0.1) is 0 Å². The van der Waals surface area contributed by atoms with Gasteiger partial charge in [0, 0.05) is 25.6 Å². The van der Waals surface area contributed by atoms with Crippen molar-refractivity contribution in [2.45, 2.75) is 19.3 Å². The molecule has 2 aromatic rings. The van der Waals surface area contributed by atoms with Crippen molar-refractivity contribution < 1.29 is 29.0 Å². The Labute approximate surface area is 198 Å². The summed E-state index contributed by atoms with van der Waals surface area (Å²) in [5.74, 6) is -1.53. The molecule has 0 radical (unpaired) electrons. The van der Waals surface area contributed by atoms with Gasteiger partial charge in [0.1, 0.15) is 6.61 Å². The number of hydrogen-bond donors (Lipinski definition) is 2. The summed E-state index contributed by atoms with van der Waals surface area (Å²) < 4.78 is 10.9. The molecule has 2 aliphatic rings. The van der Waals surface area contributed by atoms with Gasteiger partial charge in [0.2, 0.25) is 5.91 Å². The third-order valence-electron chi connectivity index (χ3n) is 6.60. The summed E-state index contributed by atoms with van der Waals surface area (Å²) in [6.45, 7) is 3.54. The minimum Gasteiger partial charge on any atom is -0.481 e. The van der Waals surface area contributed by atoms with E-state index >= 15 is 0 Å². The van der Waals surface area contributed by atoms with E-state index in [1.807, 2.05) is 31.2 Å². The lowest BCUT2D eigenvalue weighted by molar-refractivity contribution is -0.142. The Morgan fingerprint density at radius 3 is 2.26 bits per heavy atom. The standard InChI is InChI=1S/C26H30N2O6/c1-17-14-28(15-22(17)25(30)31)24(29)10-12-33-13-11-27-26(32)34-16-23-20-8-4-2-6-18(20)19-7-3-5-9-21(19)23/h2-9,17,22-23H,10-16H2,1H3,(H,27,32)(H,30,31). The Hall–Kier alpha value is -3.39. The summed E-state index contributed by atoms with van der Waals surface area (Å²) in [7, 11) is 0. The maximum absolute atomic E-state index is 12.2. The molecule has 0 saturated carbocycles. The normalized spacial score (nSPS) is 18.9. The second kappa shape index (κ2) is 10.7. The van der Waals surface area contributed by atoms with E-state index in [1.165, 1.54) is 11.1 Å². The molecule has 1 aliphatic heterocycles. The first-order chi connectivity index (χ1) is 16.5. The van der Waals surface area contributed by atoms with Crippen LogP contribution in [0.3, 0.4) is 0 Å². The molecule has 1 aliphatic carbocycles. The van der Waals surface area contributed by atoms with Crippen molar-refractivity contribution in [3.05, 3.63) is 59.7 Å². The number of carboxylic acids is 1. The Morgan fingerprint density at radius 1 is 1.00 bits per heavy atom. The molecule has 2 unspecified atom stereocenters. The molecule has 2 atom stereocenters. The van der Waals surface area contributed by atoms with E-state index in [9.17, 15) is 19.5 Å². The number of nitrogens with one attached hydrogen (secondary N) is 1.